The Bertz CT molecular complexity index is 2250. The molecule has 0 spiro atoms. The Morgan fingerprint density at radius 3 is 2.43 bits per heavy atom. The number of amides is 2. The number of aryl methyl sites for hydroxylation is 1. The summed E-state index contributed by atoms with van der Waals surface area (Å²) in [5.74, 6) is -0.123. The minimum atomic E-state index is -1.93. The van der Waals surface area contributed by atoms with E-state index in [1.807, 2.05) is 58.0 Å². The number of nitrogen functional groups attached to an aromatic ring is 1. The third kappa shape index (κ3) is 12.1. The van der Waals surface area contributed by atoms with E-state index in [4.69, 9.17) is 19.9 Å². The van der Waals surface area contributed by atoms with Gasteiger partial charge in [0.25, 0.3) is 5.91 Å². The number of alkyl halides is 1. The monoisotopic (exact) mass is 919 g/mol. The first-order valence-corrected chi connectivity index (χ1v) is 23.1. The summed E-state index contributed by atoms with van der Waals surface area (Å²) in [6, 6.07) is 12.9. The maximum atomic E-state index is 14.6. The summed E-state index contributed by atoms with van der Waals surface area (Å²) in [5, 5.41) is 46.5. The second-order valence-electron chi connectivity index (χ2n) is 18.0. The van der Waals surface area contributed by atoms with Crippen LogP contribution in [0.3, 0.4) is 0 Å². The van der Waals surface area contributed by atoms with E-state index >= 15 is 0 Å². The van der Waals surface area contributed by atoms with Crippen molar-refractivity contribution in [2.45, 2.75) is 83.6 Å². The third-order valence-electron chi connectivity index (χ3n) is 12.2. The standard InChI is InChI=1S/C46H62FN9O8S/c1-29-39(65-28-50-29)30-9-10-31(26-49-42(59)36-24-32(57)27-56(36)43(60)40(45(2,3)4)51-44(61)46(47)11-12-46)38(23-30)64-22-21-63-20-19-62-18-17-54-13-15-55(16-14-54)35-25-34(52-53-41(35)48)33-7-5-6-8-37(33)58/h5-10,23,25,28,32,36,40,43,57-58,60H,11-22,24,26-27H2,1-4H3,(H2,48,53)(H,49,59)(H,51,61)/t32-,36+,40-,43?/m1/s1. The molecule has 1 unspecified atom stereocenters. The number of piperazine rings is 1. The van der Waals surface area contributed by atoms with E-state index < -0.39 is 47.3 Å². The second-order valence-corrected chi connectivity index (χ2v) is 18.9. The lowest BCUT2D eigenvalue weighted by atomic mass is 9.84. The molecule has 352 valence electrons. The lowest BCUT2D eigenvalue weighted by Crippen LogP contribution is -2.61. The maximum Gasteiger partial charge on any atom is 0.258 e. The van der Waals surface area contributed by atoms with Gasteiger partial charge < -0.3 is 50.8 Å². The van der Waals surface area contributed by atoms with Crippen molar-refractivity contribution in [2.75, 3.05) is 82.9 Å². The summed E-state index contributed by atoms with van der Waals surface area (Å²) in [6.07, 6.45) is -1.89. The highest BCUT2D eigenvalue weighted by Crippen LogP contribution is 2.41. The Balaban J connectivity index is 0.856. The lowest BCUT2D eigenvalue weighted by molar-refractivity contribution is -0.137. The Morgan fingerprint density at radius 2 is 1.74 bits per heavy atom. The number of halogens is 1. The number of thiazole rings is 1. The molecule has 1 saturated carbocycles. The normalized spacial score (nSPS) is 19.8. The number of β-amino-alcohol motifs (C(OH)–C–C–N with tert-alkyl or cyclic N) is 1. The van der Waals surface area contributed by atoms with E-state index in [1.165, 1.54) is 16.2 Å². The Kier molecular flexibility index (Phi) is 15.5. The molecular weight excluding hydrogens is 858 g/mol. The molecule has 0 bridgehead atoms. The Morgan fingerprint density at radius 1 is 1.02 bits per heavy atom. The number of benzene rings is 2. The van der Waals surface area contributed by atoms with Crippen molar-refractivity contribution >= 4 is 34.7 Å². The van der Waals surface area contributed by atoms with Crippen molar-refractivity contribution in [3.63, 3.8) is 0 Å². The van der Waals surface area contributed by atoms with E-state index in [1.54, 1.807) is 23.7 Å². The number of hydrogen-bond acceptors (Lipinski definition) is 16. The van der Waals surface area contributed by atoms with Crippen LogP contribution in [0.25, 0.3) is 21.7 Å². The topological polar surface area (TPSA) is 221 Å². The number of anilines is 2. The highest BCUT2D eigenvalue weighted by atomic mass is 32.1. The van der Waals surface area contributed by atoms with Gasteiger partial charge in [-0.2, -0.15) is 0 Å². The number of aromatic hydroxyl groups is 1. The smallest absolute Gasteiger partial charge is 0.258 e. The van der Waals surface area contributed by atoms with E-state index in [-0.39, 0.29) is 44.7 Å². The first kappa shape index (κ1) is 47.9. The summed E-state index contributed by atoms with van der Waals surface area (Å²) in [6.45, 7) is 13.4. The zero-order valence-corrected chi connectivity index (χ0v) is 38.4. The van der Waals surface area contributed by atoms with Crippen LogP contribution in [0.5, 0.6) is 11.5 Å². The van der Waals surface area contributed by atoms with Crippen LogP contribution in [-0.4, -0.2) is 155 Å². The van der Waals surface area contributed by atoms with Crippen LogP contribution < -0.4 is 26.0 Å². The van der Waals surface area contributed by atoms with E-state index in [0.29, 0.717) is 49.3 Å². The molecule has 2 saturated heterocycles. The van der Waals surface area contributed by atoms with Gasteiger partial charge in [0.1, 0.15) is 24.3 Å². The van der Waals surface area contributed by atoms with Crippen LogP contribution in [0.1, 0.15) is 51.3 Å². The van der Waals surface area contributed by atoms with Crippen LogP contribution in [0.2, 0.25) is 0 Å². The quantitative estimate of drug-likeness (QED) is 0.0699. The lowest BCUT2D eigenvalue weighted by Gasteiger charge is -2.40. The van der Waals surface area contributed by atoms with Crippen LogP contribution >= 0.6 is 11.3 Å². The number of nitrogens with zero attached hydrogens (tertiary/aromatic N) is 6. The minimum Gasteiger partial charge on any atom is -0.507 e. The molecule has 4 heterocycles. The van der Waals surface area contributed by atoms with Crippen LogP contribution in [0.15, 0.2) is 54.0 Å². The highest BCUT2D eigenvalue weighted by molar-refractivity contribution is 7.13. The number of phenols is 1. The molecule has 7 rings (SSSR count). The number of likely N-dealkylation sites (tertiary alicyclic amines) is 1. The van der Waals surface area contributed by atoms with Crippen LogP contribution in [0.4, 0.5) is 15.9 Å². The second kappa shape index (κ2) is 21.1. The number of aliphatic hydroxyl groups is 2. The van der Waals surface area contributed by atoms with Crippen LogP contribution in [-0.2, 0) is 25.6 Å². The van der Waals surface area contributed by atoms with Gasteiger partial charge in [-0.15, -0.1) is 21.5 Å². The van der Waals surface area contributed by atoms with Gasteiger partial charge in [0.05, 0.1) is 72.1 Å². The third-order valence-corrected chi connectivity index (χ3v) is 13.2. The van der Waals surface area contributed by atoms with Gasteiger partial charge in [0.15, 0.2) is 11.5 Å². The van der Waals surface area contributed by atoms with Gasteiger partial charge in [-0.3, -0.25) is 19.4 Å². The molecule has 3 fully saturated rings. The van der Waals surface area contributed by atoms with Gasteiger partial charge in [0, 0.05) is 56.9 Å². The first-order chi connectivity index (χ1) is 31.1. The summed E-state index contributed by atoms with van der Waals surface area (Å²) in [7, 11) is 0. The molecular formula is C46H62FN9O8S. The fourth-order valence-corrected chi connectivity index (χ4v) is 8.99. The van der Waals surface area contributed by atoms with Crippen molar-refractivity contribution < 1.29 is 43.5 Å². The van der Waals surface area contributed by atoms with Crippen molar-refractivity contribution in [2.24, 2.45) is 5.41 Å². The molecule has 3 aliphatic rings. The fourth-order valence-electron chi connectivity index (χ4n) is 8.19. The predicted molar refractivity (Wildman–Crippen MR) is 245 cm³/mol. The molecule has 2 amide bonds. The number of nitrogens with two attached hydrogens (primary N) is 1. The number of carbonyl (C=O) groups is 2. The van der Waals surface area contributed by atoms with Crippen molar-refractivity contribution in [1.82, 2.24) is 35.6 Å². The van der Waals surface area contributed by atoms with E-state index in [9.17, 15) is 29.3 Å². The fraction of sp³-hybridized carbons (Fsp3) is 0.543. The molecule has 17 nitrogen and oxygen atoms in total. The molecule has 19 heteroatoms. The van der Waals surface area contributed by atoms with Crippen molar-refractivity contribution in [3.8, 4) is 33.2 Å². The number of nitrogens with one attached hydrogen (secondary N) is 2. The Labute approximate surface area is 383 Å². The molecule has 0 radical (unpaired) electrons. The maximum absolute atomic E-state index is 14.6. The molecule has 7 N–H and O–H groups in total. The number of phenolic OH excluding ortho intramolecular Hbond substituents is 1. The van der Waals surface area contributed by atoms with Gasteiger partial charge in [-0.05, 0) is 61.4 Å². The van der Waals surface area contributed by atoms with Crippen LogP contribution in [0, 0.1) is 12.3 Å². The molecule has 1 aliphatic carbocycles. The number of para-hydroxylation sites is 1. The molecule has 4 aromatic rings. The number of ether oxygens (including phenoxy) is 3. The van der Waals surface area contributed by atoms with Gasteiger partial charge in [-0.1, -0.05) is 45.0 Å². The Hall–Kier alpha value is -5.02. The molecule has 2 aromatic carbocycles. The summed E-state index contributed by atoms with van der Waals surface area (Å²) in [4.78, 5) is 37.9. The van der Waals surface area contributed by atoms with E-state index in [0.717, 1.165) is 60.1 Å². The summed E-state index contributed by atoms with van der Waals surface area (Å²) >= 11 is 1.52. The predicted octanol–water partition coefficient (Wildman–Crippen LogP) is 3.50. The zero-order chi connectivity index (χ0) is 46.3. The number of aliphatic hydroxyl groups excluding tert-OH is 2. The van der Waals surface area contributed by atoms with Crippen molar-refractivity contribution in [3.05, 3.63) is 65.3 Å². The number of carbonyl (C=O) groups excluding carboxylic acids is 2. The SMILES string of the molecule is Cc1ncsc1-c1ccc(CNC(=O)[C@@H]2C[C@@H](O)CN2C(O)[C@@H](NC(=O)C2(F)CC2)C(C)(C)C)c(OCCOCCOCCN2CCN(c3cc(-c4ccccc4O)nnc3N)CC2)c1. The molecule has 2 aliphatic heterocycles. The number of rotatable bonds is 20. The van der Waals surface area contributed by atoms with Crippen molar-refractivity contribution in [1.29, 1.82) is 0 Å². The summed E-state index contributed by atoms with van der Waals surface area (Å²) in [5.41, 5.74) is 9.88. The average molecular weight is 920 g/mol. The minimum absolute atomic E-state index is 0.00916. The van der Waals surface area contributed by atoms with E-state index in [2.05, 4.69) is 35.6 Å². The van der Waals surface area contributed by atoms with Gasteiger partial charge in [-0.25, -0.2) is 9.37 Å². The van der Waals surface area contributed by atoms with Gasteiger partial charge in [0.2, 0.25) is 5.91 Å². The zero-order valence-electron chi connectivity index (χ0n) is 37.5. The first-order valence-electron chi connectivity index (χ1n) is 22.2. The number of aromatic nitrogens is 3. The average Bonchev–Trinajstić information content (AvgIpc) is 3.69. The highest BCUT2D eigenvalue weighted by Gasteiger charge is 2.53. The largest absolute Gasteiger partial charge is 0.507 e. The summed E-state index contributed by atoms with van der Waals surface area (Å²) < 4.78 is 32.6. The molecule has 65 heavy (non-hydrogen) atoms. The molecule has 2 aromatic heterocycles. The molecule has 4 atom stereocenters. The van der Waals surface area contributed by atoms with Gasteiger partial charge >= 0.3 is 0 Å². The number of hydrogen-bond donors (Lipinski definition) is 6.